The molecule has 0 unspecified atom stereocenters. The van der Waals surface area contributed by atoms with Crippen LogP contribution in [0.15, 0.2) is 42.0 Å². The quantitative estimate of drug-likeness (QED) is 0.373. The summed E-state index contributed by atoms with van der Waals surface area (Å²) in [7, 11) is 0. The molecule has 0 aromatic heterocycles. The van der Waals surface area contributed by atoms with Gasteiger partial charge in [0.15, 0.2) is 0 Å². The minimum Gasteiger partial charge on any atom is -0.0976 e. The van der Waals surface area contributed by atoms with Crippen molar-refractivity contribution in [2.24, 2.45) is 0 Å². The highest BCUT2D eigenvalue weighted by atomic mass is 13.9. The fourth-order valence-electron chi connectivity index (χ4n) is 1.12. The molecule has 0 heterocycles. The van der Waals surface area contributed by atoms with Gasteiger partial charge < -0.3 is 0 Å². The van der Waals surface area contributed by atoms with E-state index in [4.69, 9.17) is 0 Å². The van der Waals surface area contributed by atoms with Gasteiger partial charge in [-0.15, -0.1) is 0 Å². The Bertz CT molecular complexity index is 343. The SMILES string of the molecule is CC(C)=CCCC#Cc1ccccc1. The van der Waals surface area contributed by atoms with Crippen molar-refractivity contribution in [3.63, 3.8) is 0 Å². The van der Waals surface area contributed by atoms with E-state index in [0.29, 0.717) is 0 Å². The summed E-state index contributed by atoms with van der Waals surface area (Å²) in [6.45, 7) is 4.23. The molecule has 0 saturated heterocycles. The molecule has 0 heteroatoms. The maximum Gasteiger partial charge on any atom is 0.0245 e. The fraction of sp³-hybridized carbons (Fsp3) is 0.286. The Morgan fingerprint density at radius 1 is 1.21 bits per heavy atom. The van der Waals surface area contributed by atoms with Crippen molar-refractivity contribution in [1.29, 1.82) is 0 Å². The summed E-state index contributed by atoms with van der Waals surface area (Å²) in [5.74, 6) is 6.30. The van der Waals surface area contributed by atoms with Gasteiger partial charge in [0.05, 0.1) is 0 Å². The summed E-state index contributed by atoms with van der Waals surface area (Å²) >= 11 is 0. The molecule has 0 amide bonds. The summed E-state index contributed by atoms with van der Waals surface area (Å²) in [5.41, 5.74) is 2.47. The third-order valence-corrected chi connectivity index (χ3v) is 1.83. The van der Waals surface area contributed by atoms with Gasteiger partial charge in [0.2, 0.25) is 0 Å². The normalized spacial score (nSPS) is 8.71. The van der Waals surface area contributed by atoms with Crippen LogP contribution >= 0.6 is 0 Å². The number of benzene rings is 1. The second-order valence-corrected chi connectivity index (χ2v) is 3.49. The summed E-state index contributed by atoms with van der Waals surface area (Å²) in [6.07, 6.45) is 4.22. The Labute approximate surface area is 86.7 Å². The van der Waals surface area contributed by atoms with Crippen LogP contribution in [0.3, 0.4) is 0 Å². The van der Waals surface area contributed by atoms with Crippen molar-refractivity contribution in [1.82, 2.24) is 0 Å². The standard InChI is InChI=1S/C14H16/c1-13(2)9-5-3-6-10-14-11-7-4-8-12-14/h4,7-9,11-12H,3,5H2,1-2H3. The maximum absolute atomic E-state index is 3.16. The molecule has 0 aliphatic heterocycles. The van der Waals surface area contributed by atoms with Crippen LogP contribution in [-0.4, -0.2) is 0 Å². The van der Waals surface area contributed by atoms with Crippen LogP contribution in [0, 0.1) is 11.8 Å². The molecule has 1 aromatic rings. The topological polar surface area (TPSA) is 0 Å². The highest BCUT2D eigenvalue weighted by Gasteiger charge is 1.81. The first-order valence-corrected chi connectivity index (χ1v) is 4.96. The lowest BCUT2D eigenvalue weighted by atomic mass is 10.2. The number of rotatable bonds is 2. The highest BCUT2D eigenvalue weighted by Crippen LogP contribution is 1.98. The Morgan fingerprint density at radius 3 is 2.57 bits per heavy atom. The molecule has 0 nitrogen and oxygen atoms in total. The Morgan fingerprint density at radius 2 is 1.93 bits per heavy atom. The van der Waals surface area contributed by atoms with E-state index in [1.165, 1.54) is 5.57 Å². The Kier molecular flexibility index (Phi) is 4.58. The van der Waals surface area contributed by atoms with E-state index in [0.717, 1.165) is 18.4 Å². The van der Waals surface area contributed by atoms with Gasteiger partial charge in [0.25, 0.3) is 0 Å². The van der Waals surface area contributed by atoms with Crippen LogP contribution < -0.4 is 0 Å². The summed E-state index contributed by atoms with van der Waals surface area (Å²) in [5, 5.41) is 0. The number of hydrogen-bond donors (Lipinski definition) is 0. The zero-order chi connectivity index (χ0) is 10.2. The maximum atomic E-state index is 3.16. The first-order chi connectivity index (χ1) is 6.79. The zero-order valence-electron chi connectivity index (χ0n) is 8.88. The number of hydrogen-bond acceptors (Lipinski definition) is 0. The van der Waals surface area contributed by atoms with Gasteiger partial charge >= 0.3 is 0 Å². The van der Waals surface area contributed by atoms with E-state index in [9.17, 15) is 0 Å². The van der Waals surface area contributed by atoms with Gasteiger partial charge in [-0.3, -0.25) is 0 Å². The largest absolute Gasteiger partial charge is 0.0976 e. The molecule has 14 heavy (non-hydrogen) atoms. The lowest BCUT2D eigenvalue weighted by Crippen LogP contribution is -1.72. The molecule has 0 spiro atoms. The van der Waals surface area contributed by atoms with E-state index in [-0.39, 0.29) is 0 Å². The smallest absolute Gasteiger partial charge is 0.0245 e. The van der Waals surface area contributed by atoms with E-state index in [2.05, 4.69) is 31.8 Å². The van der Waals surface area contributed by atoms with Crippen molar-refractivity contribution < 1.29 is 0 Å². The van der Waals surface area contributed by atoms with Gasteiger partial charge in [-0.25, -0.2) is 0 Å². The lowest BCUT2D eigenvalue weighted by molar-refractivity contribution is 1.06. The number of unbranched alkanes of at least 4 members (excludes halogenated alkanes) is 1. The van der Waals surface area contributed by atoms with Crippen molar-refractivity contribution in [2.45, 2.75) is 26.7 Å². The Balaban J connectivity index is 2.38. The van der Waals surface area contributed by atoms with Gasteiger partial charge in [-0.1, -0.05) is 41.7 Å². The van der Waals surface area contributed by atoms with Crippen molar-refractivity contribution >= 4 is 0 Å². The molecule has 0 N–H and O–H groups in total. The van der Waals surface area contributed by atoms with Gasteiger partial charge in [0, 0.05) is 12.0 Å². The van der Waals surface area contributed by atoms with Crippen LogP contribution in [0.5, 0.6) is 0 Å². The first kappa shape index (κ1) is 10.6. The molecule has 0 radical (unpaired) electrons. The van der Waals surface area contributed by atoms with Gasteiger partial charge in [0.1, 0.15) is 0 Å². The molecular weight excluding hydrogens is 168 g/mol. The van der Waals surface area contributed by atoms with E-state index in [1.54, 1.807) is 0 Å². The average molecular weight is 184 g/mol. The molecule has 0 bridgehead atoms. The summed E-state index contributed by atoms with van der Waals surface area (Å²) in [4.78, 5) is 0. The molecular formula is C14H16. The molecule has 0 aliphatic carbocycles. The van der Waals surface area contributed by atoms with E-state index in [1.807, 2.05) is 30.3 Å². The summed E-state index contributed by atoms with van der Waals surface area (Å²) in [6, 6.07) is 10.1. The summed E-state index contributed by atoms with van der Waals surface area (Å²) < 4.78 is 0. The molecule has 1 aromatic carbocycles. The monoisotopic (exact) mass is 184 g/mol. The molecule has 0 aliphatic rings. The first-order valence-electron chi connectivity index (χ1n) is 4.96. The second kappa shape index (κ2) is 6.05. The van der Waals surface area contributed by atoms with Crippen LogP contribution in [0.2, 0.25) is 0 Å². The second-order valence-electron chi connectivity index (χ2n) is 3.49. The van der Waals surface area contributed by atoms with Crippen LogP contribution in [0.4, 0.5) is 0 Å². The molecule has 1 rings (SSSR count). The third kappa shape index (κ3) is 4.52. The van der Waals surface area contributed by atoms with Gasteiger partial charge in [-0.2, -0.15) is 0 Å². The average Bonchev–Trinajstić information content (AvgIpc) is 2.18. The predicted molar refractivity (Wildman–Crippen MR) is 62.0 cm³/mol. The molecule has 0 saturated carbocycles. The predicted octanol–water partition coefficient (Wildman–Crippen LogP) is 3.78. The molecule has 0 fully saturated rings. The lowest BCUT2D eigenvalue weighted by Gasteiger charge is -1.88. The molecule has 72 valence electrons. The highest BCUT2D eigenvalue weighted by molar-refractivity contribution is 5.33. The van der Waals surface area contributed by atoms with Crippen LogP contribution in [0.25, 0.3) is 0 Å². The van der Waals surface area contributed by atoms with Crippen LogP contribution in [-0.2, 0) is 0 Å². The van der Waals surface area contributed by atoms with Crippen molar-refractivity contribution in [3.8, 4) is 11.8 Å². The number of allylic oxidation sites excluding steroid dienone is 2. The van der Waals surface area contributed by atoms with Crippen molar-refractivity contribution in [2.75, 3.05) is 0 Å². The van der Waals surface area contributed by atoms with E-state index < -0.39 is 0 Å². The third-order valence-electron chi connectivity index (χ3n) is 1.83. The zero-order valence-corrected chi connectivity index (χ0v) is 8.88. The van der Waals surface area contributed by atoms with E-state index >= 15 is 0 Å². The minimum absolute atomic E-state index is 0.945. The Hall–Kier alpha value is -1.48. The van der Waals surface area contributed by atoms with Crippen LogP contribution in [0.1, 0.15) is 32.3 Å². The fourth-order valence-corrected chi connectivity index (χ4v) is 1.12. The minimum atomic E-state index is 0.945. The van der Waals surface area contributed by atoms with Crippen molar-refractivity contribution in [3.05, 3.63) is 47.5 Å². The molecule has 0 atom stereocenters. The van der Waals surface area contributed by atoms with Gasteiger partial charge in [-0.05, 0) is 32.4 Å².